The minimum Gasteiger partial charge on any atom is -0.497 e. The molecular weight excluding hydrogens is 1720 g/mol. The molecule has 0 aromatic heterocycles. The van der Waals surface area contributed by atoms with E-state index in [2.05, 4.69) is 65.9 Å². The minimum absolute atomic E-state index is 0. The Hall–Kier alpha value is -9.73. The molecule has 13 atom stereocenters. The van der Waals surface area contributed by atoms with Crippen LogP contribution in [0.15, 0.2) is 182 Å². The minimum atomic E-state index is -1.41. The first-order valence-corrected chi connectivity index (χ1v) is 40.1. The zero-order chi connectivity index (χ0) is 86.4. The number of benzene rings is 7. The van der Waals surface area contributed by atoms with E-state index < -0.39 is 78.1 Å². The summed E-state index contributed by atoms with van der Waals surface area (Å²) in [7, 11) is 6.21. The molecule has 6 aliphatic rings. The van der Waals surface area contributed by atoms with Crippen LogP contribution in [0.1, 0.15) is 81.7 Å². The van der Waals surface area contributed by atoms with Gasteiger partial charge in [-0.05, 0) is 159 Å². The van der Waals surface area contributed by atoms with Crippen molar-refractivity contribution < 1.29 is 115 Å². The topological polar surface area (TPSA) is 410 Å². The van der Waals surface area contributed by atoms with Crippen LogP contribution in [0.5, 0.6) is 51.7 Å². The van der Waals surface area contributed by atoms with Crippen molar-refractivity contribution in [2.75, 3.05) is 97.2 Å². The summed E-state index contributed by atoms with van der Waals surface area (Å²) in [6.07, 6.45) is 0.00496. The molecule has 0 bridgehead atoms. The Morgan fingerprint density at radius 3 is 1.88 bits per heavy atom. The van der Waals surface area contributed by atoms with Gasteiger partial charge in [0, 0.05) is 75.7 Å². The Balaban J connectivity index is 0.000000231. The SMILES string of the molecule is C1CCOC1.C=C(F)/C=C\C(=C\N(Cc1cc(OC)ccc1NCNC(=O)C(C)Br)C(C)=O)Oc1ccccc1.CC(Br)C(O)Cl.COc1cc(OC)cc([C@@H]2c3cc4c(cc3[C@@H](OC3OC5COC(C)OC5C(O)C3O)[C@H]3COC(=O)[C@H]23)OCO4)c1.COc1ccc(NCN)c(N(C(C)=O)c2cc(F)ccc2Oc2ccccc2)c1.NCN.O. The van der Waals surface area contributed by atoms with E-state index in [1.165, 1.54) is 74.1 Å². The predicted octanol–water partition coefficient (Wildman–Crippen LogP) is 11.7. The number of halogens is 5. The Bertz CT molecular complexity index is 4490. The highest BCUT2D eigenvalue weighted by Crippen LogP contribution is 2.57. The lowest BCUT2D eigenvalue weighted by atomic mass is 9.66. The van der Waals surface area contributed by atoms with Gasteiger partial charge < -0.3 is 125 Å². The monoisotopic (exact) mass is 1820 g/mol. The number of carbonyl (C=O) groups excluding carboxylic acids is 4. The molecular formula is C85H105Br2ClF2N8O22. The third-order valence-corrected chi connectivity index (χ3v) is 20.3. The number of amides is 3. The number of allylic oxidation sites excluding steroid dienone is 3. The molecule has 35 heteroatoms. The lowest BCUT2D eigenvalue weighted by molar-refractivity contribution is -0.364. The fourth-order valence-corrected chi connectivity index (χ4v) is 13.1. The van der Waals surface area contributed by atoms with E-state index in [-0.39, 0.29) is 96.8 Å². The number of esters is 1. The smallest absolute Gasteiger partial charge is 0.310 e. The Kier molecular flexibility index (Phi) is 39.5. The molecule has 4 saturated heterocycles. The maximum atomic E-state index is 14.2. The van der Waals surface area contributed by atoms with Crippen molar-refractivity contribution in [2.24, 2.45) is 29.0 Å². The third-order valence-electron chi connectivity index (χ3n) is 18.7. The number of nitrogens with zero attached hydrogens (tertiary/aromatic N) is 2. The van der Waals surface area contributed by atoms with Crippen molar-refractivity contribution in [1.82, 2.24) is 10.2 Å². The van der Waals surface area contributed by atoms with Gasteiger partial charge in [0.1, 0.15) is 81.9 Å². The number of aliphatic hydroxyl groups excluding tert-OH is 3. The van der Waals surface area contributed by atoms with E-state index in [0.29, 0.717) is 68.8 Å². The first-order valence-electron chi connectivity index (χ1n) is 37.9. The summed E-state index contributed by atoms with van der Waals surface area (Å²) in [5.41, 5.74) is 19.2. The first kappa shape index (κ1) is 97.4. The highest BCUT2D eigenvalue weighted by atomic mass is 79.9. The van der Waals surface area contributed by atoms with Crippen LogP contribution >= 0.6 is 43.5 Å². The number of hydrogen-bond acceptors (Lipinski definition) is 26. The van der Waals surface area contributed by atoms with Crippen molar-refractivity contribution in [3.63, 3.8) is 0 Å². The summed E-state index contributed by atoms with van der Waals surface area (Å²) >= 11 is 11.4. The van der Waals surface area contributed by atoms with E-state index in [4.69, 9.17) is 88.8 Å². The number of alkyl halides is 3. The van der Waals surface area contributed by atoms with Gasteiger partial charge in [0.25, 0.3) is 0 Å². The summed E-state index contributed by atoms with van der Waals surface area (Å²) in [6, 6.07) is 41.8. The largest absolute Gasteiger partial charge is 0.497 e. The number of hydrogen-bond donors (Lipinski definition) is 9. The predicted molar refractivity (Wildman–Crippen MR) is 454 cm³/mol. The lowest BCUT2D eigenvalue weighted by Gasteiger charge is -2.47. The molecule has 4 fully saturated rings. The number of nitrogens with two attached hydrogens (primary N) is 3. The second-order valence-electron chi connectivity index (χ2n) is 27.0. The molecule has 7 aromatic rings. The number of aliphatic hydroxyl groups is 3. The van der Waals surface area contributed by atoms with Gasteiger partial charge in [0.2, 0.25) is 24.5 Å². The molecule has 0 spiro atoms. The van der Waals surface area contributed by atoms with Gasteiger partial charge in [-0.15, -0.1) is 0 Å². The summed E-state index contributed by atoms with van der Waals surface area (Å²) in [6.45, 7) is 14.3. The van der Waals surface area contributed by atoms with Crippen LogP contribution in [-0.2, 0) is 54.1 Å². The van der Waals surface area contributed by atoms with Crippen LogP contribution < -0.4 is 75.9 Å². The molecule has 3 amide bonds. The van der Waals surface area contributed by atoms with Gasteiger partial charge in [-0.2, -0.15) is 0 Å². The van der Waals surface area contributed by atoms with Crippen LogP contribution in [0.4, 0.5) is 31.5 Å². The molecule has 5 heterocycles. The quantitative estimate of drug-likeness (QED) is 0.00843. The van der Waals surface area contributed by atoms with Gasteiger partial charge in [0.15, 0.2) is 29.8 Å². The number of nitrogens with one attached hydrogen (secondary N) is 3. The van der Waals surface area contributed by atoms with Gasteiger partial charge in [0.05, 0.1) is 100 Å². The number of rotatable bonds is 25. The van der Waals surface area contributed by atoms with E-state index in [9.17, 15) is 38.2 Å². The van der Waals surface area contributed by atoms with Gasteiger partial charge in [-0.3, -0.25) is 24.1 Å². The summed E-state index contributed by atoms with van der Waals surface area (Å²) < 4.78 is 107. The molecule has 0 saturated carbocycles. The summed E-state index contributed by atoms with van der Waals surface area (Å²) in [5.74, 6) is 1.24. The zero-order valence-electron chi connectivity index (χ0n) is 67.8. The van der Waals surface area contributed by atoms with Crippen LogP contribution in [0, 0.1) is 17.7 Å². The average Bonchev–Trinajstić information content (AvgIpc) is 1.42. The molecule has 1 aliphatic carbocycles. The normalized spacial score (nSPS) is 20.8. The van der Waals surface area contributed by atoms with E-state index in [1.807, 2.05) is 48.5 Å². The Morgan fingerprint density at radius 1 is 0.717 bits per heavy atom. The fraction of sp³-hybridized carbons (Fsp3) is 0.388. The zero-order valence-corrected chi connectivity index (χ0v) is 71.7. The van der Waals surface area contributed by atoms with Gasteiger partial charge in [-0.25, -0.2) is 8.78 Å². The summed E-state index contributed by atoms with van der Waals surface area (Å²) in [5, 5.41) is 39.2. The van der Waals surface area contributed by atoms with Crippen molar-refractivity contribution in [1.29, 1.82) is 0 Å². The van der Waals surface area contributed by atoms with Gasteiger partial charge in [-0.1, -0.05) is 86.4 Å². The van der Waals surface area contributed by atoms with Crippen molar-refractivity contribution in [3.05, 3.63) is 210 Å². The standard InChI is InChI=1S/C29H32O12.C26H29BrFN3O4.C22H22FN3O3.C4H8O.C3H6BrClO.CH6N2.H2O/c1-12-35-10-21-27(39-12)24(30)25(31)29(40-21)41-26-17-8-20-19(37-11-38-20)7-16(17)22(23-18(26)9-36-28(23)32)13-4-14(33-2)6-15(5-13)34-3;1-18(28)10-11-24(35-22-8-6-5-7-9-22)16-31(20(3)32)15-21-14-23(34-4)12-13-25(21)29-17-30-26(33)19(2)27;1-15(27)26(20-13-18(28-2)9-10-19(20)25-14-24)21-12-16(23)8-11-22(21)29-17-6-4-3-5-7-17;1-2-4-5-3-1;1-2(4)3(5)6;2-1-3;/h4-8,12,18,21-27,29-31H,9-11H2,1-3H3;5-14,16,19,29H,1,15,17H2,2-4H3,(H,30,33);3-13,25H,14,24H2,1-2H3;1-4H2;2-3,6H,1H3;1-3H2;1H2/b;11-10-,24-16-;;;;;/t12?,18-,21?,22+,23-,24?,25?,26+,27?,29?;;;;;;/m0....../s1. The fourth-order valence-electron chi connectivity index (χ4n) is 12.9. The van der Waals surface area contributed by atoms with E-state index in [1.54, 1.807) is 121 Å². The maximum absolute atomic E-state index is 14.2. The molecule has 7 aromatic carbocycles. The molecule has 9 unspecified atom stereocenters. The van der Waals surface area contributed by atoms with Crippen LogP contribution in [0.2, 0.25) is 0 Å². The molecule has 13 rings (SSSR count). The highest BCUT2D eigenvalue weighted by molar-refractivity contribution is 9.10. The van der Waals surface area contributed by atoms with E-state index >= 15 is 0 Å². The van der Waals surface area contributed by atoms with Crippen LogP contribution in [-0.4, -0.2) is 183 Å². The number of anilines is 4. The van der Waals surface area contributed by atoms with E-state index in [0.717, 1.165) is 41.5 Å². The number of fused-ring (bicyclic) bond motifs is 4. The molecule has 30 nitrogen and oxygen atoms in total. The van der Waals surface area contributed by atoms with Crippen LogP contribution in [0.3, 0.4) is 0 Å². The van der Waals surface area contributed by atoms with Crippen molar-refractivity contribution in [3.8, 4) is 51.7 Å². The number of methoxy groups -OCH3 is 4. The van der Waals surface area contributed by atoms with Gasteiger partial charge >= 0.3 is 5.97 Å². The number of para-hydroxylation sites is 2. The highest BCUT2D eigenvalue weighted by Gasteiger charge is 2.56. The molecule has 120 heavy (non-hydrogen) atoms. The molecule has 0 radical (unpaired) electrons. The molecule has 652 valence electrons. The third kappa shape index (κ3) is 27.6. The molecule has 5 aliphatic heterocycles. The maximum Gasteiger partial charge on any atom is 0.310 e. The Labute approximate surface area is 717 Å². The molecule has 14 N–H and O–H groups in total. The Morgan fingerprint density at radius 2 is 1.32 bits per heavy atom. The average molecular weight is 1820 g/mol. The lowest BCUT2D eigenvalue weighted by Crippen LogP contribution is -2.63. The summed E-state index contributed by atoms with van der Waals surface area (Å²) in [4.78, 5) is 52.8. The number of ether oxygens (including phenoxy) is 14. The number of cyclic esters (lactones) is 1. The second-order valence-corrected chi connectivity index (χ2v) is 30.3. The van der Waals surface area contributed by atoms with Crippen molar-refractivity contribution in [2.45, 2.75) is 118 Å². The first-order chi connectivity index (χ1) is 57.1. The van der Waals surface area contributed by atoms with Crippen molar-refractivity contribution >= 4 is 89.9 Å². The second kappa shape index (κ2) is 48.6. The van der Waals surface area contributed by atoms with Crippen LogP contribution in [0.25, 0.3) is 0 Å². The number of carbonyl (C=O) groups is 4.